The van der Waals surface area contributed by atoms with E-state index in [1.165, 1.54) is 11.3 Å². The second-order valence-corrected chi connectivity index (χ2v) is 9.23. The highest BCUT2D eigenvalue weighted by Crippen LogP contribution is 2.35. The Morgan fingerprint density at radius 3 is 2.58 bits per heavy atom. The fourth-order valence-corrected chi connectivity index (χ4v) is 5.51. The van der Waals surface area contributed by atoms with Gasteiger partial charge >= 0.3 is 0 Å². The molecule has 0 aliphatic carbocycles. The molecule has 3 fully saturated rings. The van der Waals surface area contributed by atoms with Crippen molar-refractivity contribution in [2.45, 2.75) is 51.0 Å². The van der Waals surface area contributed by atoms with Gasteiger partial charge in [0.2, 0.25) is 5.91 Å². The number of fused-ring (bicyclic) bond motifs is 1. The summed E-state index contributed by atoms with van der Waals surface area (Å²) in [5.41, 5.74) is 1.77. The van der Waals surface area contributed by atoms with E-state index >= 15 is 0 Å². The number of carbonyl (C=O) groups excluding carboxylic acids is 3. The van der Waals surface area contributed by atoms with Crippen molar-refractivity contribution in [1.29, 1.82) is 0 Å². The van der Waals surface area contributed by atoms with Gasteiger partial charge in [0.1, 0.15) is 0 Å². The van der Waals surface area contributed by atoms with Gasteiger partial charge in [0.05, 0.1) is 35.4 Å². The summed E-state index contributed by atoms with van der Waals surface area (Å²) in [6, 6.07) is 5.52. The number of ether oxygens (including phenoxy) is 1. The number of imide groups is 1. The summed E-state index contributed by atoms with van der Waals surface area (Å²) in [6.45, 7) is 4.15. The number of hydrogen-bond donors (Lipinski definition) is 0. The van der Waals surface area contributed by atoms with Crippen molar-refractivity contribution in [2.75, 3.05) is 44.2 Å². The van der Waals surface area contributed by atoms with Crippen LogP contribution in [0.15, 0.2) is 18.2 Å². The first-order chi connectivity index (χ1) is 15.1. The summed E-state index contributed by atoms with van der Waals surface area (Å²) in [5, 5.41) is 0. The van der Waals surface area contributed by atoms with E-state index in [0.717, 1.165) is 63.8 Å². The molecular weight excluding hydrogens is 394 g/mol. The molecule has 0 radical (unpaired) electrons. The topological polar surface area (TPSA) is 70.2 Å². The molecule has 4 aliphatic rings. The number of anilines is 1. The minimum atomic E-state index is -0.227. The number of amides is 3. The maximum Gasteiger partial charge on any atom is 0.263 e. The zero-order valence-electron chi connectivity index (χ0n) is 18.1. The maximum atomic E-state index is 13.3. The van der Waals surface area contributed by atoms with Crippen molar-refractivity contribution < 1.29 is 19.1 Å². The highest BCUT2D eigenvalue weighted by atomic mass is 16.5. The summed E-state index contributed by atoms with van der Waals surface area (Å²) in [7, 11) is 0. The monoisotopic (exact) mass is 425 g/mol. The number of nitrogens with zero attached hydrogens (tertiary/aromatic N) is 3. The van der Waals surface area contributed by atoms with Crippen LogP contribution in [0.5, 0.6) is 0 Å². The molecule has 1 aromatic rings. The molecule has 3 amide bonds. The van der Waals surface area contributed by atoms with Crippen LogP contribution < -0.4 is 4.90 Å². The zero-order valence-corrected chi connectivity index (χ0v) is 18.1. The minimum absolute atomic E-state index is 0.0436. The molecule has 5 rings (SSSR count). The van der Waals surface area contributed by atoms with Gasteiger partial charge in [-0.25, -0.2) is 0 Å². The third-order valence-corrected chi connectivity index (χ3v) is 7.17. The molecule has 2 atom stereocenters. The number of likely N-dealkylation sites (tertiary alicyclic amines) is 1. The summed E-state index contributed by atoms with van der Waals surface area (Å²) in [4.78, 5) is 44.8. The quantitative estimate of drug-likeness (QED) is 0.694. The Kier molecular flexibility index (Phi) is 5.69. The van der Waals surface area contributed by atoms with Crippen LogP contribution in [0.1, 0.15) is 65.7 Å². The van der Waals surface area contributed by atoms with Crippen molar-refractivity contribution in [1.82, 2.24) is 9.80 Å². The Bertz CT molecular complexity index is 874. The smallest absolute Gasteiger partial charge is 0.263 e. The van der Waals surface area contributed by atoms with Crippen LogP contribution in [0.25, 0.3) is 0 Å². The SMILES string of the molecule is O=C([C@@H]1CCCN(c2cccc3c2C(=O)N(C[C@H]2CCCO2)C3=O)C1)N1CCCCC1. The first kappa shape index (κ1) is 20.5. The van der Waals surface area contributed by atoms with Crippen molar-refractivity contribution in [3.63, 3.8) is 0 Å². The highest BCUT2D eigenvalue weighted by Gasteiger charge is 2.41. The van der Waals surface area contributed by atoms with E-state index in [1.54, 1.807) is 6.07 Å². The standard InChI is InChI=1S/C24H31N3O4/c28-22(25-11-2-1-3-12-25)17-7-5-13-26(15-17)20-10-4-9-19-21(20)24(30)27(23(19)29)16-18-8-6-14-31-18/h4,9-10,17-18H,1-3,5-8,11-16H2/t17-,18-/m1/s1. The van der Waals surface area contributed by atoms with Gasteiger partial charge in [-0.2, -0.15) is 0 Å². The Morgan fingerprint density at radius 1 is 0.968 bits per heavy atom. The average Bonchev–Trinajstić information content (AvgIpc) is 3.42. The van der Waals surface area contributed by atoms with Crippen molar-refractivity contribution in [3.8, 4) is 0 Å². The van der Waals surface area contributed by atoms with Crippen LogP contribution in [0.4, 0.5) is 5.69 Å². The van der Waals surface area contributed by atoms with Gasteiger partial charge in [0.15, 0.2) is 0 Å². The summed E-state index contributed by atoms with van der Waals surface area (Å²) in [5.74, 6) is -0.247. The van der Waals surface area contributed by atoms with Gasteiger partial charge in [-0.05, 0) is 57.1 Å². The summed E-state index contributed by atoms with van der Waals surface area (Å²) >= 11 is 0. The largest absolute Gasteiger partial charge is 0.376 e. The van der Waals surface area contributed by atoms with Gasteiger partial charge in [-0.3, -0.25) is 19.3 Å². The number of benzene rings is 1. The maximum absolute atomic E-state index is 13.3. The van der Waals surface area contributed by atoms with E-state index in [1.807, 2.05) is 17.0 Å². The minimum Gasteiger partial charge on any atom is -0.376 e. The highest BCUT2D eigenvalue weighted by molar-refractivity contribution is 6.23. The predicted molar refractivity (Wildman–Crippen MR) is 116 cm³/mol. The zero-order chi connectivity index (χ0) is 21.4. The van der Waals surface area contributed by atoms with E-state index in [9.17, 15) is 14.4 Å². The van der Waals surface area contributed by atoms with E-state index in [-0.39, 0.29) is 29.7 Å². The summed E-state index contributed by atoms with van der Waals surface area (Å²) in [6.07, 6.45) is 6.97. The molecule has 0 spiro atoms. The van der Waals surface area contributed by atoms with Gasteiger partial charge in [-0.1, -0.05) is 6.07 Å². The third kappa shape index (κ3) is 3.84. The van der Waals surface area contributed by atoms with Crippen molar-refractivity contribution >= 4 is 23.4 Å². The molecule has 0 unspecified atom stereocenters. The van der Waals surface area contributed by atoms with Crippen LogP contribution >= 0.6 is 0 Å². The number of piperidine rings is 2. The van der Waals surface area contributed by atoms with Gasteiger partial charge in [0, 0.05) is 32.8 Å². The molecule has 4 heterocycles. The van der Waals surface area contributed by atoms with E-state index in [0.29, 0.717) is 30.8 Å². The van der Waals surface area contributed by atoms with Crippen LogP contribution in [-0.4, -0.2) is 73.0 Å². The lowest BCUT2D eigenvalue weighted by Crippen LogP contribution is -2.46. The Hall–Kier alpha value is -2.41. The lowest BCUT2D eigenvalue weighted by molar-refractivity contribution is -0.136. The average molecular weight is 426 g/mol. The third-order valence-electron chi connectivity index (χ3n) is 7.17. The number of carbonyl (C=O) groups is 3. The van der Waals surface area contributed by atoms with Gasteiger partial charge in [-0.15, -0.1) is 0 Å². The molecule has 7 nitrogen and oxygen atoms in total. The Labute approximate surface area is 183 Å². The molecule has 0 N–H and O–H groups in total. The molecule has 1 aromatic carbocycles. The van der Waals surface area contributed by atoms with Crippen LogP contribution in [0.3, 0.4) is 0 Å². The first-order valence-corrected chi connectivity index (χ1v) is 11.8. The summed E-state index contributed by atoms with van der Waals surface area (Å²) < 4.78 is 5.66. The lowest BCUT2D eigenvalue weighted by Gasteiger charge is -2.37. The molecule has 4 aliphatic heterocycles. The Balaban J connectivity index is 1.35. The molecule has 3 saturated heterocycles. The normalized spacial score (nSPS) is 26.5. The second kappa shape index (κ2) is 8.61. The molecule has 0 saturated carbocycles. The van der Waals surface area contributed by atoms with E-state index in [4.69, 9.17) is 4.74 Å². The number of rotatable bonds is 4. The van der Waals surface area contributed by atoms with Crippen molar-refractivity contribution in [3.05, 3.63) is 29.3 Å². The van der Waals surface area contributed by atoms with Crippen LogP contribution in [-0.2, 0) is 9.53 Å². The molecule has 0 bridgehead atoms. The molecule has 0 aromatic heterocycles. The number of hydrogen-bond acceptors (Lipinski definition) is 5. The molecular formula is C24H31N3O4. The van der Waals surface area contributed by atoms with Crippen molar-refractivity contribution in [2.24, 2.45) is 5.92 Å². The van der Waals surface area contributed by atoms with Gasteiger partial charge in [0.25, 0.3) is 11.8 Å². The lowest BCUT2D eigenvalue weighted by atomic mass is 9.94. The molecule has 166 valence electrons. The molecule has 31 heavy (non-hydrogen) atoms. The fraction of sp³-hybridized carbons (Fsp3) is 0.625. The van der Waals surface area contributed by atoms with Gasteiger partial charge < -0.3 is 14.5 Å². The van der Waals surface area contributed by atoms with Crippen LogP contribution in [0, 0.1) is 5.92 Å². The van der Waals surface area contributed by atoms with Crippen LogP contribution in [0.2, 0.25) is 0 Å². The molecule has 7 heteroatoms. The second-order valence-electron chi connectivity index (χ2n) is 9.23. The predicted octanol–water partition coefficient (Wildman–Crippen LogP) is 2.69. The van der Waals surface area contributed by atoms with E-state index < -0.39 is 0 Å². The van der Waals surface area contributed by atoms with E-state index in [2.05, 4.69) is 4.90 Å². The first-order valence-electron chi connectivity index (χ1n) is 11.8. The Morgan fingerprint density at radius 2 is 1.81 bits per heavy atom. The fourth-order valence-electron chi connectivity index (χ4n) is 5.51.